The highest BCUT2D eigenvalue weighted by Gasteiger charge is 2.37. The molecule has 6 nitrogen and oxygen atoms in total. The Hall–Kier alpha value is -1.41. The molecule has 0 fully saturated rings. The van der Waals surface area contributed by atoms with Gasteiger partial charge in [0, 0.05) is 13.1 Å². The van der Waals surface area contributed by atoms with Crippen LogP contribution in [-0.2, 0) is 20.5 Å². The summed E-state index contributed by atoms with van der Waals surface area (Å²) in [5.74, 6) is 0. The van der Waals surface area contributed by atoms with E-state index in [4.69, 9.17) is 13.9 Å². The van der Waals surface area contributed by atoms with Crippen LogP contribution in [0.15, 0.2) is 30.3 Å². The summed E-state index contributed by atoms with van der Waals surface area (Å²) in [5, 5.41) is 6.38. The fraction of sp³-hybridized carbons (Fsp3) is 0.696. The van der Waals surface area contributed by atoms with Crippen LogP contribution < -0.4 is 10.6 Å². The van der Waals surface area contributed by atoms with Gasteiger partial charge in [0.25, 0.3) is 0 Å². The molecule has 1 rings (SSSR count). The Labute approximate surface area is 184 Å². The van der Waals surface area contributed by atoms with Crippen molar-refractivity contribution in [1.82, 2.24) is 10.6 Å². The van der Waals surface area contributed by atoms with Gasteiger partial charge in [-0.05, 0) is 44.5 Å². The normalized spacial score (nSPS) is 13.7. The van der Waals surface area contributed by atoms with Gasteiger partial charge < -0.3 is 24.5 Å². The highest BCUT2D eigenvalue weighted by Crippen LogP contribution is 2.36. The first-order valence-corrected chi connectivity index (χ1v) is 13.7. The molecule has 0 aliphatic heterocycles. The van der Waals surface area contributed by atoms with Gasteiger partial charge in [0.1, 0.15) is 5.60 Å². The van der Waals surface area contributed by atoms with E-state index >= 15 is 0 Å². The van der Waals surface area contributed by atoms with Crippen LogP contribution in [0.2, 0.25) is 18.1 Å². The van der Waals surface area contributed by atoms with Crippen LogP contribution >= 0.6 is 0 Å². The van der Waals surface area contributed by atoms with E-state index in [2.05, 4.69) is 56.6 Å². The molecule has 0 aromatic heterocycles. The molecule has 0 saturated carbocycles. The van der Waals surface area contributed by atoms with Crippen LogP contribution in [0.5, 0.6) is 0 Å². The quantitative estimate of drug-likeness (QED) is 0.387. The van der Waals surface area contributed by atoms with Crippen LogP contribution in [0.1, 0.15) is 47.1 Å². The second kappa shape index (κ2) is 11.8. The number of carbonyl (C=O) groups is 1. The lowest BCUT2D eigenvalue weighted by atomic mass is 10.2. The van der Waals surface area contributed by atoms with E-state index in [0.717, 1.165) is 5.56 Å². The monoisotopic (exact) mass is 438 g/mol. The number of rotatable bonds is 11. The van der Waals surface area contributed by atoms with Gasteiger partial charge in [-0.2, -0.15) is 0 Å². The van der Waals surface area contributed by atoms with Gasteiger partial charge in [0.05, 0.1) is 25.9 Å². The maximum Gasteiger partial charge on any atom is 0.407 e. The summed E-state index contributed by atoms with van der Waals surface area (Å²) in [7, 11) is -1.85. The van der Waals surface area contributed by atoms with E-state index in [1.165, 1.54) is 0 Å². The van der Waals surface area contributed by atoms with Gasteiger partial charge >= 0.3 is 6.09 Å². The van der Waals surface area contributed by atoms with E-state index < -0.39 is 20.0 Å². The molecule has 0 spiro atoms. The molecule has 1 aromatic rings. The van der Waals surface area contributed by atoms with Crippen molar-refractivity contribution >= 4 is 14.4 Å². The molecule has 2 N–H and O–H groups in total. The predicted octanol–water partition coefficient (Wildman–Crippen LogP) is 4.71. The number of hydrogen-bond acceptors (Lipinski definition) is 5. The minimum Gasteiger partial charge on any atom is -0.444 e. The van der Waals surface area contributed by atoms with Crippen molar-refractivity contribution in [2.75, 3.05) is 26.3 Å². The number of benzene rings is 1. The van der Waals surface area contributed by atoms with Crippen molar-refractivity contribution in [3.8, 4) is 0 Å². The lowest BCUT2D eigenvalue weighted by Gasteiger charge is -2.37. The van der Waals surface area contributed by atoms with Crippen LogP contribution in [0.4, 0.5) is 4.79 Å². The average molecular weight is 439 g/mol. The molecule has 0 aliphatic carbocycles. The minimum absolute atomic E-state index is 0.0447. The summed E-state index contributed by atoms with van der Waals surface area (Å²) in [5.41, 5.74) is 0.649. The second-order valence-electron chi connectivity index (χ2n) is 10.2. The Balaban J connectivity index is 2.51. The molecule has 1 amide bonds. The second-order valence-corrected chi connectivity index (χ2v) is 15.0. The van der Waals surface area contributed by atoms with Crippen molar-refractivity contribution in [1.29, 1.82) is 0 Å². The lowest BCUT2D eigenvalue weighted by molar-refractivity contribution is 0.0524. The van der Waals surface area contributed by atoms with E-state index in [1.54, 1.807) is 0 Å². The Morgan fingerprint density at radius 3 is 2.20 bits per heavy atom. The maximum atomic E-state index is 11.8. The van der Waals surface area contributed by atoms with Crippen LogP contribution in [-0.4, -0.2) is 52.4 Å². The van der Waals surface area contributed by atoms with Gasteiger partial charge in [0.15, 0.2) is 8.32 Å². The first kappa shape index (κ1) is 26.6. The largest absolute Gasteiger partial charge is 0.444 e. The van der Waals surface area contributed by atoms with E-state index in [9.17, 15) is 4.79 Å². The summed E-state index contributed by atoms with van der Waals surface area (Å²) >= 11 is 0. The molecule has 0 saturated heterocycles. The third-order valence-electron chi connectivity index (χ3n) is 5.11. The third-order valence-corrected chi connectivity index (χ3v) is 9.61. The topological polar surface area (TPSA) is 68.8 Å². The molecular weight excluding hydrogens is 396 g/mol. The van der Waals surface area contributed by atoms with Crippen LogP contribution in [0.25, 0.3) is 0 Å². The third kappa shape index (κ3) is 11.1. The summed E-state index contributed by atoms with van der Waals surface area (Å²) in [4.78, 5) is 11.8. The number of alkyl carbamates (subject to hydrolysis) is 1. The summed E-state index contributed by atoms with van der Waals surface area (Å²) in [6.07, 6.45) is -0.404. The number of amides is 1. The van der Waals surface area contributed by atoms with Crippen LogP contribution in [0.3, 0.4) is 0 Å². The maximum absolute atomic E-state index is 11.8. The van der Waals surface area contributed by atoms with E-state index in [-0.39, 0.29) is 11.1 Å². The molecule has 30 heavy (non-hydrogen) atoms. The summed E-state index contributed by atoms with van der Waals surface area (Å²) < 4.78 is 17.6. The van der Waals surface area contributed by atoms with Crippen LogP contribution in [0, 0.1) is 0 Å². The predicted molar refractivity (Wildman–Crippen MR) is 125 cm³/mol. The van der Waals surface area contributed by atoms with Gasteiger partial charge in [-0.1, -0.05) is 51.1 Å². The Morgan fingerprint density at radius 1 is 1.00 bits per heavy atom. The smallest absolute Gasteiger partial charge is 0.407 e. The summed E-state index contributed by atoms with van der Waals surface area (Å²) in [6.45, 7) is 19.5. The molecule has 0 aliphatic rings. The van der Waals surface area contributed by atoms with Gasteiger partial charge in [-0.25, -0.2) is 4.79 Å². The van der Waals surface area contributed by atoms with Crippen molar-refractivity contribution in [2.24, 2.45) is 0 Å². The molecular formula is C23H42N2O4Si. The van der Waals surface area contributed by atoms with Crippen molar-refractivity contribution in [3.05, 3.63) is 35.9 Å². The fourth-order valence-electron chi connectivity index (χ4n) is 2.34. The molecule has 0 bridgehead atoms. The van der Waals surface area contributed by atoms with Crippen molar-refractivity contribution in [3.63, 3.8) is 0 Å². The van der Waals surface area contributed by atoms with Crippen molar-refractivity contribution < 1.29 is 18.7 Å². The standard InChI is InChI=1S/C23H42N2O4Si/c1-22(2,3)29-21(26)25-15-14-24-20(18-28-30(7,8)23(4,5)6)17-27-16-19-12-10-9-11-13-19/h9-13,20,24H,14-18H2,1-8H3,(H,25,26)/t20-/m0/s1. The molecule has 0 unspecified atom stereocenters. The van der Waals surface area contributed by atoms with Gasteiger partial charge in [-0.3, -0.25) is 0 Å². The number of carbonyl (C=O) groups excluding carboxylic acids is 1. The van der Waals surface area contributed by atoms with E-state index in [0.29, 0.717) is 32.9 Å². The first-order valence-electron chi connectivity index (χ1n) is 10.8. The highest BCUT2D eigenvalue weighted by atomic mass is 28.4. The lowest BCUT2D eigenvalue weighted by Crippen LogP contribution is -2.47. The molecule has 7 heteroatoms. The van der Waals surface area contributed by atoms with E-state index in [1.807, 2.05) is 39.0 Å². The molecule has 172 valence electrons. The average Bonchev–Trinajstić information content (AvgIpc) is 2.61. The molecule has 0 heterocycles. The van der Waals surface area contributed by atoms with Gasteiger partial charge in [-0.15, -0.1) is 0 Å². The fourth-order valence-corrected chi connectivity index (χ4v) is 3.39. The zero-order chi connectivity index (χ0) is 22.8. The molecule has 1 aromatic carbocycles. The summed E-state index contributed by atoms with van der Waals surface area (Å²) in [6, 6.07) is 10.2. The Morgan fingerprint density at radius 2 is 1.63 bits per heavy atom. The zero-order valence-electron chi connectivity index (χ0n) is 20.1. The number of hydrogen-bond donors (Lipinski definition) is 2. The SMILES string of the molecule is CC(C)(C)OC(=O)NCCN[C@@H](COCc1ccccc1)CO[Si](C)(C)C(C)(C)C. The Kier molecular flexibility index (Phi) is 10.5. The minimum atomic E-state index is -1.85. The Bertz CT molecular complexity index is 624. The molecule has 1 atom stereocenters. The number of nitrogens with one attached hydrogen (secondary N) is 2. The number of ether oxygens (including phenoxy) is 2. The zero-order valence-corrected chi connectivity index (χ0v) is 21.1. The van der Waals surface area contributed by atoms with Gasteiger partial charge in [0.2, 0.25) is 0 Å². The first-order chi connectivity index (χ1) is 13.8. The highest BCUT2D eigenvalue weighted by molar-refractivity contribution is 6.74. The van der Waals surface area contributed by atoms with Crippen molar-refractivity contribution in [2.45, 2.75) is 77.9 Å². The molecule has 0 radical (unpaired) electrons.